The number of halogens is 2. The van der Waals surface area contributed by atoms with Gasteiger partial charge < -0.3 is 15.3 Å². The molecule has 26 heavy (non-hydrogen) atoms. The van der Waals surface area contributed by atoms with Gasteiger partial charge in [-0.15, -0.1) is 0 Å². The lowest BCUT2D eigenvalue weighted by atomic mass is 9.90. The van der Waals surface area contributed by atoms with E-state index in [0.29, 0.717) is 51.0 Å². The monoisotopic (exact) mass is 367 g/mol. The van der Waals surface area contributed by atoms with Crippen molar-refractivity contribution in [2.75, 3.05) is 32.7 Å². The summed E-state index contributed by atoms with van der Waals surface area (Å²) in [7, 11) is 0. The van der Waals surface area contributed by atoms with Crippen LogP contribution in [0.4, 0.5) is 8.78 Å². The van der Waals surface area contributed by atoms with Gasteiger partial charge in [0.2, 0.25) is 5.91 Å². The van der Waals surface area contributed by atoms with Gasteiger partial charge in [-0.3, -0.25) is 14.5 Å². The molecule has 0 unspecified atom stereocenters. The molecule has 2 saturated heterocycles. The smallest absolute Gasteiger partial charge is 0.256 e. The molecule has 2 fully saturated rings. The van der Waals surface area contributed by atoms with E-state index in [9.17, 15) is 23.5 Å². The second kappa shape index (κ2) is 7.67. The predicted molar refractivity (Wildman–Crippen MR) is 90.0 cm³/mol. The number of hydrogen-bond donors (Lipinski definition) is 2. The Balaban J connectivity index is 1.67. The fourth-order valence-electron chi connectivity index (χ4n) is 3.56. The number of piperidine rings is 1. The number of likely N-dealkylation sites (tertiary alicyclic amines) is 1. The number of rotatable bonds is 4. The van der Waals surface area contributed by atoms with Crippen LogP contribution in [0.25, 0.3) is 0 Å². The van der Waals surface area contributed by atoms with Crippen LogP contribution in [0.3, 0.4) is 0 Å². The number of hydrogen-bond acceptors (Lipinski definition) is 4. The fraction of sp³-hybridized carbons (Fsp3) is 0.556. The number of nitrogens with zero attached hydrogens (tertiary/aromatic N) is 2. The minimum Gasteiger partial charge on any atom is -0.379 e. The Labute approximate surface area is 150 Å². The molecule has 0 bridgehead atoms. The fourth-order valence-corrected chi connectivity index (χ4v) is 3.56. The second-order valence-electron chi connectivity index (χ2n) is 6.99. The zero-order valence-corrected chi connectivity index (χ0v) is 14.5. The number of nitrogens with one attached hydrogen (secondary N) is 1. The molecule has 0 saturated carbocycles. The average molecular weight is 367 g/mol. The van der Waals surface area contributed by atoms with Crippen LogP contribution < -0.4 is 5.32 Å². The summed E-state index contributed by atoms with van der Waals surface area (Å²) < 4.78 is 26.5. The van der Waals surface area contributed by atoms with Gasteiger partial charge in [0.25, 0.3) is 5.91 Å². The van der Waals surface area contributed by atoms with Crippen LogP contribution in [-0.2, 0) is 16.1 Å². The Kier molecular flexibility index (Phi) is 5.52. The molecule has 8 heteroatoms. The first-order valence-corrected chi connectivity index (χ1v) is 8.82. The number of benzene rings is 1. The topological polar surface area (TPSA) is 72.9 Å². The lowest BCUT2D eigenvalue weighted by Crippen LogP contribution is -2.58. The van der Waals surface area contributed by atoms with E-state index in [2.05, 4.69) is 5.32 Å². The molecule has 3 rings (SSSR count). The predicted octanol–water partition coefficient (Wildman–Crippen LogP) is 0.640. The van der Waals surface area contributed by atoms with Crippen LogP contribution in [0, 0.1) is 11.6 Å². The summed E-state index contributed by atoms with van der Waals surface area (Å²) >= 11 is 0. The lowest BCUT2D eigenvalue weighted by molar-refractivity contribution is -0.160. The zero-order valence-electron chi connectivity index (χ0n) is 14.5. The van der Waals surface area contributed by atoms with E-state index in [1.165, 1.54) is 11.0 Å². The Morgan fingerprint density at radius 1 is 1.15 bits per heavy atom. The van der Waals surface area contributed by atoms with Gasteiger partial charge in [-0.2, -0.15) is 0 Å². The van der Waals surface area contributed by atoms with Crippen LogP contribution >= 0.6 is 0 Å². The highest BCUT2D eigenvalue weighted by Crippen LogP contribution is 2.26. The SMILES string of the molecule is O=C1CCN(C[C@@]2(O)CCCN(Cc3ccc(F)c(F)c3)C2=O)CCN1. The quantitative estimate of drug-likeness (QED) is 0.819. The van der Waals surface area contributed by atoms with Crippen molar-refractivity contribution >= 4 is 11.8 Å². The molecular weight excluding hydrogens is 344 g/mol. The van der Waals surface area contributed by atoms with E-state index in [4.69, 9.17) is 0 Å². The van der Waals surface area contributed by atoms with Crippen LogP contribution in [0.5, 0.6) is 0 Å². The van der Waals surface area contributed by atoms with Gasteiger partial charge >= 0.3 is 0 Å². The van der Waals surface area contributed by atoms with Crippen molar-refractivity contribution < 1.29 is 23.5 Å². The Morgan fingerprint density at radius 3 is 2.73 bits per heavy atom. The van der Waals surface area contributed by atoms with Crippen molar-refractivity contribution in [3.05, 3.63) is 35.4 Å². The number of aliphatic hydroxyl groups is 1. The number of β-amino-alcohol motifs (C(OH)–C–C–N with tert-alkyl or cyclic N) is 1. The van der Waals surface area contributed by atoms with Crippen molar-refractivity contribution in [1.29, 1.82) is 0 Å². The molecule has 0 spiro atoms. The maximum Gasteiger partial charge on any atom is 0.256 e. The summed E-state index contributed by atoms with van der Waals surface area (Å²) in [5.41, 5.74) is -1.05. The first kappa shape index (κ1) is 18.7. The molecule has 2 aliphatic heterocycles. The molecule has 1 aromatic carbocycles. The van der Waals surface area contributed by atoms with Gasteiger partial charge in [0.15, 0.2) is 17.2 Å². The number of carbonyl (C=O) groups is 2. The molecule has 2 amide bonds. The number of carbonyl (C=O) groups excluding carboxylic acids is 2. The standard InChI is InChI=1S/C18H23F2N3O3/c19-14-3-2-13(10-15(14)20)11-23-7-1-5-18(26,17(23)25)12-22-8-4-16(24)21-6-9-22/h2-3,10,26H,1,4-9,11-12H2,(H,21,24)/t18-/m0/s1. The van der Waals surface area contributed by atoms with E-state index in [1.807, 2.05) is 4.90 Å². The molecular formula is C18H23F2N3O3. The van der Waals surface area contributed by atoms with Gasteiger partial charge in [0.1, 0.15) is 0 Å². The molecule has 1 atom stereocenters. The highest BCUT2D eigenvalue weighted by molar-refractivity contribution is 5.86. The molecule has 2 N–H and O–H groups in total. The molecule has 0 radical (unpaired) electrons. The third kappa shape index (κ3) is 4.19. The lowest BCUT2D eigenvalue weighted by Gasteiger charge is -2.40. The van der Waals surface area contributed by atoms with Crippen molar-refractivity contribution in [2.24, 2.45) is 0 Å². The number of amides is 2. The molecule has 1 aromatic rings. The zero-order chi connectivity index (χ0) is 18.7. The summed E-state index contributed by atoms with van der Waals surface area (Å²) in [4.78, 5) is 27.7. The maximum atomic E-state index is 13.4. The maximum absolute atomic E-state index is 13.4. The normalized spacial score (nSPS) is 25.1. The molecule has 6 nitrogen and oxygen atoms in total. The van der Waals surface area contributed by atoms with E-state index in [-0.39, 0.29) is 19.0 Å². The summed E-state index contributed by atoms with van der Waals surface area (Å²) in [6.07, 6.45) is 1.30. The first-order valence-electron chi connectivity index (χ1n) is 8.82. The van der Waals surface area contributed by atoms with Crippen molar-refractivity contribution in [3.63, 3.8) is 0 Å². The van der Waals surface area contributed by atoms with Crippen LogP contribution in [0.2, 0.25) is 0 Å². The minimum absolute atomic E-state index is 0.0329. The molecule has 2 heterocycles. The summed E-state index contributed by atoms with van der Waals surface area (Å²) in [5, 5.41) is 13.7. The van der Waals surface area contributed by atoms with E-state index in [1.54, 1.807) is 0 Å². The Hall–Kier alpha value is -2.06. The Morgan fingerprint density at radius 2 is 1.96 bits per heavy atom. The third-order valence-electron chi connectivity index (χ3n) is 4.95. The van der Waals surface area contributed by atoms with Crippen LogP contribution in [-0.4, -0.2) is 65.0 Å². The van der Waals surface area contributed by atoms with Gasteiger partial charge in [0, 0.05) is 45.7 Å². The van der Waals surface area contributed by atoms with Gasteiger partial charge in [-0.25, -0.2) is 8.78 Å². The van der Waals surface area contributed by atoms with Crippen molar-refractivity contribution in [1.82, 2.24) is 15.1 Å². The largest absolute Gasteiger partial charge is 0.379 e. The van der Waals surface area contributed by atoms with Crippen molar-refractivity contribution in [3.8, 4) is 0 Å². The molecule has 142 valence electrons. The summed E-state index contributed by atoms with van der Waals surface area (Å²) in [6, 6.07) is 3.54. The summed E-state index contributed by atoms with van der Waals surface area (Å²) in [5.74, 6) is -2.32. The van der Waals surface area contributed by atoms with Gasteiger partial charge in [0.05, 0.1) is 0 Å². The summed E-state index contributed by atoms with van der Waals surface area (Å²) in [6.45, 7) is 2.30. The van der Waals surface area contributed by atoms with Crippen LogP contribution in [0.15, 0.2) is 18.2 Å². The van der Waals surface area contributed by atoms with E-state index in [0.717, 1.165) is 12.1 Å². The Bertz CT molecular complexity index is 700. The molecule has 0 aliphatic carbocycles. The molecule has 2 aliphatic rings. The highest BCUT2D eigenvalue weighted by atomic mass is 19.2. The average Bonchev–Trinajstić information content (AvgIpc) is 2.80. The molecule has 0 aromatic heterocycles. The van der Waals surface area contributed by atoms with E-state index < -0.39 is 23.1 Å². The second-order valence-corrected chi connectivity index (χ2v) is 6.99. The van der Waals surface area contributed by atoms with Crippen molar-refractivity contribution in [2.45, 2.75) is 31.4 Å². The van der Waals surface area contributed by atoms with Crippen LogP contribution in [0.1, 0.15) is 24.8 Å². The van der Waals surface area contributed by atoms with Gasteiger partial charge in [-0.05, 0) is 30.5 Å². The third-order valence-corrected chi connectivity index (χ3v) is 4.95. The minimum atomic E-state index is -1.52. The highest BCUT2D eigenvalue weighted by Gasteiger charge is 2.43. The first-order chi connectivity index (χ1) is 12.4. The van der Waals surface area contributed by atoms with E-state index >= 15 is 0 Å². The van der Waals surface area contributed by atoms with Gasteiger partial charge in [-0.1, -0.05) is 6.07 Å².